The second-order valence-corrected chi connectivity index (χ2v) is 10.1. The topological polar surface area (TPSA) is 185 Å². The second-order valence-electron chi connectivity index (χ2n) is 7.62. The van der Waals surface area contributed by atoms with Crippen LogP contribution in [0.25, 0.3) is 0 Å². The molecule has 12 nitrogen and oxygen atoms in total. The monoisotopic (exact) mass is 466 g/mol. The Labute approximate surface area is 180 Å². The fraction of sp³-hybridized carbons (Fsp3) is 0.368. The molecule has 0 unspecified atom stereocenters. The molecule has 170 valence electrons. The van der Waals surface area contributed by atoms with E-state index in [4.69, 9.17) is 9.26 Å². The normalized spacial score (nSPS) is 25.8. The van der Waals surface area contributed by atoms with Crippen molar-refractivity contribution in [2.75, 3.05) is 6.61 Å². The molecule has 0 spiro atoms. The van der Waals surface area contributed by atoms with Gasteiger partial charge in [0.1, 0.15) is 21.6 Å². The van der Waals surface area contributed by atoms with Crippen molar-refractivity contribution in [2.24, 2.45) is 0 Å². The predicted octanol–water partition coefficient (Wildman–Crippen LogP) is 0.141. The number of hydrogen-bond donors (Lipinski definition) is 3. The molecule has 3 atom stereocenters. The average molecular weight is 466 g/mol. The summed E-state index contributed by atoms with van der Waals surface area (Å²) in [5, 5.41) is 30.9. The summed E-state index contributed by atoms with van der Waals surface area (Å²) in [5.74, 6) is -3.55. The lowest BCUT2D eigenvalue weighted by Crippen LogP contribution is -2.57. The molecule has 2 fully saturated rings. The summed E-state index contributed by atoms with van der Waals surface area (Å²) in [5.41, 5.74) is -0.154. The Balaban J connectivity index is 1.49. The SMILES string of the molecule is C[C@]1(c2cc(CCOC(=O)c3ccc(O)c(O)c3)on2)[C@H](C(=O)O)N2C(=O)C[C@H]2S1(=O)=O. The standard InChI is InChI=1S/C19H18N2O10S/c1-19(16(17(25)26)21-14(24)8-15(21)32(19,28)29)13-7-10(31-20-13)4-5-30-18(27)9-2-3-11(22)12(23)6-9/h2-3,6-7,15-16,22-23H,4-5,8H2,1H3,(H,25,26)/t15-,16+,19+/m1/s1. The number of carboxylic acid groups (broad SMARTS) is 1. The van der Waals surface area contributed by atoms with Gasteiger partial charge in [-0.2, -0.15) is 0 Å². The summed E-state index contributed by atoms with van der Waals surface area (Å²) < 4.78 is 34.2. The highest BCUT2D eigenvalue weighted by Gasteiger charge is 2.71. The predicted molar refractivity (Wildman–Crippen MR) is 103 cm³/mol. The number of aromatic hydroxyl groups is 2. The van der Waals surface area contributed by atoms with Crippen molar-refractivity contribution in [1.29, 1.82) is 0 Å². The Kier molecular flexibility index (Phi) is 4.88. The summed E-state index contributed by atoms with van der Waals surface area (Å²) in [4.78, 5) is 36.6. The molecule has 1 aromatic heterocycles. The number of phenols is 2. The maximum atomic E-state index is 13.0. The van der Waals surface area contributed by atoms with E-state index in [1.54, 1.807) is 0 Å². The van der Waals surface area contributed by atoms with Gasteiger partial charge in [-0.25, -0.2) is 18.0 Å². The Morgan fingerprint density at radius 1 is 1.28 bits per heavy atom. The highest BCUT2D eigenvalue weighted by atomic mass is 32.2. The molecule has 1 amide bonds. The number of β-lactam (4-membered cyclic amide) rings is 1. The van der Waals surface area contributed by atoms with Crippen molar-refractivity contribution < 1.29 is 47.4 Å². The maximum absolute atomic E-state index is 13.0. The number of rotatable bonds is 6. The molecule has 4 rings (SSSR count). The first kappa shape index (κ1) is 21.6. The highest BCUT2D eigenvalue weighted by molar-refractivity contribution is 7.93. The van der Waals surface area contributed by atoms with E-state index in [1.165, 1.54) is 19.1 Å². The Morgan fingerprint density at radius 3 is 2.62 bits per heavy atom. The summed E-state index contributed by atoms with van der Waals surface area (Å²) in [7, 11) is -4.10. The quantitative estimate of drug-likeness (QED) is 0.299. The fourth-order valence-electron chi connectivity index (χ4n) is 3.96. The number of carboxylic acids is 1. The molecule has 2 aliphatic rings. The van der Waals surface area contributed by atoms with Crippen LogP contribution in [0.1, 0.15) is 35.2 Å². The van der Waals surface area contributed by atoms with Crippen LogP contribution in [0.3, 0.4) is 0 Å². The van der Waals surface area contributed by atoms with Gasteiger partial charge in [0.2, 0.25) is 5.91 Å². The molecule has 0 aliphatic carbocycles. The van der Waals surface area contributed by atoms with Crippen molar-refractivity contribution in [3.8, 4) is 11.5 Å². The maximum Gasteiger partial charge on any atom is 0.338 e. The number of carbonyl (C=O) groups excluding carboxylic acids is 2. The molecule has 0 bridgehead atoms. The molecule has 3 N–H and O–H groups in total. The van der Waals surface area contributed by atoms with Gasteiger partial charge >= 0.3 is 11.9 Å². The van der Waals surface area contributed by atoms with E-state index in [9.17, 15) is 38.1 Å². The van der Waals surface area contributed by atoms with Gasteiger partial charge in [-0.3, -0.25) is 4.79 Å². The summed E-state index contributed by atoms with van der Waals surface area (Å²) in [6.07, 6.45) is -0.280. The van der Waals surface area contributed by atoms with E-state index >= 15 is 0 Å². The lowest BCUT2D eigenvalue weighted by Gasteiger charge is -2.35. The van der Waals surface area contributed by atoms with Crippen LogP contribution in [-0.4, -0.2) is 69.7 Å². The van der Waals surface area contributed by atoms with E-state index in [0.717, 1.165) is 17.0 Å². The number of esters is 1. The number of carbonyl (C=O) groups is 3. The summed E-state index contributed by atoms with van der Waals surface area (Å²) in [6, 6.07) is 3.05. The molecule has 3 heterocycles. The van der Waals surface area contributed by atoms with Crippen LogP contribution >= 0.6 is 0 Å². The number of amides is 1. The number of aliphatic carboxylic acids is 1. The molecule has 0 saturated carbocycles. The zero-order valence-electron chi connectivity index (χ0n) is 16.6. The third-order valence-electron chi connectivity index (χ3n) is 5.79. The Morgan fingerprint density at radius 2 is 2.00 bits per heavy atom. The molecule has 32 heavy (non-hydrogen) atoms. The van der Waals surface area contributed by atoms with E-state index in [1.807, 2.05) is 0 Å². The van der Waals surface area contributed by atoms with Gasteiger partial charge in [0.25, 0.3) is 0 Å². The third kappa shape index (κ3) is 2.99. The van der Waals surface area contributed by atoms with Gasteiger partial charge in [-0.05, 0) is 25.1 Å². The minimum atomic E-state index is -4.10. The van der Waals surface area contributed by atoms with Gasteiger partial charge in [0, 0.05) is 12.5 Å². The van der Waals surface area contributed by atoms with Gasteiger partial charge in [-0.15, -0.1) is 0 Å². The van der Waals surface area contributed by atoms with Gasteiger partial charge in [-0.1, -0.05) is 5.16 Å². The first-order valence-corrected chi connectivity index (χ1v) is 11.0. The largest absolute Gasteiger partial charge is 0.504 e. The fourth-order valence-corrected chi connectivity index (χ4v) is 6.34. The van der Waals surface area contributed by atoms with Crippen molar-refractivity contribution in [3.05, 3.63) is 41.3 Å². The Bertz CT molecular complexity index is 1240. The number of fused-ring (bicyclic) bond motifs is 1. The van der Waals surface area contributed by atoms with Gasteiger partial charge in [0.15, 0.2) is 27.4 Å². The smallest absolute Gasteiger partial charge is 0.338 e. The minimum absolute atomic E-state index is 0.00149. The Hall–Kier alpha value is -3.61. The molecule has 1 aromatic carbocycles. The average Bonchev–Trinajstić information content (AvgIpc) is 3.24. The van der Waals surface area contributed by atoms with Crippen molar-refractivity contribution >= 4 is 27.7 Å². The zero-order valence-corrected chi connectivity index (χ0v) is 17.4. The van der Waals surface area contributed by atoms with Crippen LogP contribution in [0, 0.1) is 0 Å². The van der Waals surface area contributed by atoms with Crippen LogP contribution < -0.4 is 0 Å². The van der Waals surface area contributed by atoms with Crippen LogP contribution in [-0.2, 0) is 35.3 Å². The number of aromatic nitrogens is 1. The summed E-state index contributed by atoms with van der Waals surface area (Å²) >= 11 is 0. The lowest BCUT2D eigenvalue weighted by atomic mass is 9.93. The number of benzene rings is 1. The number of ether oxygens (including phenoxy) is 1. The number of phenolic OH excluding ortho intramolecular Hbond substituents is 2. The second kappa shape index (κ2) is 7.22. The van der Waals surface area contributed by atoms with Crippen LogP contribution in [0.15, 0.2) is 28.8 Å². The number of hydrogen-bond acceptors (Lipinski definition) is 10. The van der Waals surface area contributed by atoms with Crippen molar-refractivity contribution in [1.82, 2.24) is 10.1 Å². The molecular weight excluding hydrogens is 448 g/mol. The van der Waals surface area contributed by atoms with Crippen molar-refractivity contribution in [2.45, 2.75) is 35.9 Å². The highest BCUT2D eigenvalue weighted by Crippen LogP contribution is 2.51. The minimum Gasteiger partial charge on any atom is -0.504 e. The number of nitrogens with zero attached hydrogens (tertiary/aromatic N) is 2. The number of sulfone groups is 1. The first-order valence-electron chi connectivity index (χ1n) is 9.41. The van der Waals surface area contributed by atoms with E-state index in [2.05, 4.69) is 5.16 Å². The molecular formula is C19H18N2O10S. The third-order valence-corrected chi connectivity index (χ3v) is 8.52. The molecule has 0 radical (unpaired) electrons. The van der Waals surface area contributed by atoms with E-state index < -0.39 is 55.3 Å². The van der Waals surface area contributed by atoms with Gasteiger partial charge in [0.05, 0.1) is 18.6 Å². The van der Waals surface area contributed by atoms with E-state index in [0.29, 0.717) is 0 Å². The van der Waals surface area contributed by atoms with Crippen LogP contribution in [0.5, 0.6) is 11.5 Å². The van der Waals surface area contributed by atoms with Crippen molar-refractivity contribution in [3.63, 3.8) is 0 Å². The summed E-state index contributed by atoms with van der Waals surface area (Å²) in [6.45, 7) is 1.01. The lowest BCUT2D eigenvalue weighted by molar-refractivity contribution is -0.157. The molecule has 13 heteroatoms. The van der Waals surface area contributed by atoms with Crippen LogP contribution in [0.2, 0.25) is 0 Å². The molecule has 2 aromatic rings. The zero-order chi connectivity index (χ0) is 23.4. The van der Waals surface area contributed by atoms with Crippen LogP contribution in [0.4, 0.5) is 0 Å². The van der Waals surface area contributed by atoms with Gasteiger partial charge < -0.3 is 29.5 Å². The molecule has 2 aliphatic heterocycles. The molecule has 2 saturated heterocycles. The first-order chi connectivity index (χ1) is 15.0. The van der Waals surface area contributed by atoms with E-state index in [-0.39, 0.29) is 36.5 Å².